The van der Waals surface area contributed by atoms with Crippen LogP contribution in [0.25, 0.3) is 0 Å². The molecule has 1 N–H and O–H groups in total. The number of piperazine rings is 1. The summed E-state index contributed by atoms with van der Waals surface area (Å²) in [6.07, 6.45) is 7.07. The largest absolute Gasteiger partial charge is 0.337 e. The molecule has 1 aliphatic heterocycles. The number of carbonyl (C=O) groups excluding carboxylic acids is 1. The minimum Gasteiger partial charge on any atom is -0.337 e. The Morgan fingerprint density at radius 3 is 2.81 bits per heavy atom. The van der Waals surface area contributed by atoms with E-state index in [2.05, 4.69) is 17.1 Å². The summed E-state index contributed by atoms with van der Waals surface area (Å²) in [5, 5.41) is 3.40. The number of nitrogens with one attached hydrogen (secondary N) is 1. The van der Waals surface area contributed by atoms with E-state index in [1.54, 1.807) is 0 Å². The molecule has 3 nitrogen and oxygen atoms in total. The van der Waals surface area contributed by atoms with E-state index in [1.165, 1.54) is 19.3 Å². The van der Waals surface area contributed by atoms with Gasteiger partial charge in [0.25, 0.3) is 0 Å². The molecule has 2 rings (SSSR count). The molecule has 2 aliphatic rings. The summed E-state index contributed by atoms with van der Waals surface area (Å²) >= 11 is 0. The molecule has 0 aromatic heterocycles. The van der Waals surface area contributed by atoms with Crippen LogP contribution in [0.5, 0.6) is 0 Å². The Hall–Kier alpha value is -0.570. The zero-order valence-electron chi connectivity index (χ0n) is 10.4. The second-order valence-electron chi connectivity index (χ2n) is 5.16. The fourth-order valence-electron chi connectivity index (χ4n) is 3.05. The number of nitrogens with zero attached hydrogens (tertiary/aromatic N) is 1. The molecule has 1 aliphatic carbocycles. The van der Waals surface area contributed by atoms with E-state index < -0.39 is 0 Å². The van der Waals surface area contributed by atoms with Gasteiger partial charge in [0.15, 0.2) is 0 Å². The van der Waals surface area contributed by atoms with Crippen LogP contribution in [-0.2, 0) is 4.79 Å². The lowest BCUT2D eigenvalue weighted by molar-refractivity contribution is -0.138. The minimum atomic E-state index is 0.345. The van der Waals surface area contributed by atoms with Crippen molar-refractivity contribution < 1.29 is 4.79 Å². The van der Waals surface area contributed by atoms with Crippen molar-refractivity contribution in [2.75, 3.05) is 19.6 Å². The second-order valence-corrected chi connectivity index (χ2v) is 5.16. The molecule has 1 heterocycles. The lowest BCUT2D eigenvalue weighted by atomic mass is 10.0. The molecular formula is C13H24N2O. The van der Waals surface area contributed by atoms with Crippen molar-refractivity contribution in [1.82, 2.24) is 10.2 Å². The molecule has 92 valence electrons. The minimum absolute atomic E-state index is 0.345. The van der Waals surface area contributed by atoms with Gasteiger partial charge in [-0.2, -0.15) is 0 Å². The van der Waals surface area contributed by atoms with E-state index in [4.69, 9.17) is 0 Å². The van der Waals surface area contributed by atoms with E-state index in [0.29, 0.717) is 17.9 Å². The lowest BCUT2D eigenvalue weighted by Crippen LogP contribution is -2.54. The summed E-state index contributed by atoms with van der Waals surface area (Å²) in [6, 6.07) is 0.451. The topological polar surface area (TPSA) is 32.3 Å². The van der Waals surface area contributed by atoms with Crippen molar-refractivity contribution >= 4 is 5.91 Å². The quantitative estimate of drug-likeness (QED) is 0.792. The molecule has 16 heavy (non-hydrogen) atoms. The van der Waals surface area contributed by atoms with Crippen molar-refractivity contribution in [3.63, 3.8) is 0 Å². The molecule has 0 unspecified atom stereocenters. The average molecular weight is 224 g/mol. The highest BCUT2D eigenvalue weighted by Gasteiger charge is 2.32. The highest BCUT2D eigenvalue weighted by atomic mass is 16.2. The molecular weight excluding hydrogens is 200 g/mol. The summed E-state index contributed by atoms with van der Waals surface area (Å²) in [5.41, 5.74) is 0. The lowest BCUT2D eigenvalue weighted by Gasteiger charge is -2.37. The second kappa shape index (κ2) is 5.67. The Kier molecular flexibility index (Phi) is 4.22. The molecule has 2 fully saturated rings. The van der Waals surface area contributed by atoms with E-state index in [0.717, 1.165) is 38.9 Å². The van der Waals surface area contributed by atoms with Gasteiger partial charge in [-0.1, -0.05) is 26.2 Å². The van der Waals surface area contributed by atoms with Crippen molar-refractivity contribution in [1.29, 1.82) is 0 Å². The summed E-state index contributed by atoms with van der Waals surface area (Å²) in [4.78, 5) is 14.5. The molecule has 0 aromatic carbocycles. The van der Waals surface area contributed by atoms with Gasteiger partial charge >= 0.3 is 0 Å². The first-order chi connectivity index (χ1) is 7.83. The number of hydrogen-bond donors (Lipinski definition) is 1. The molecule has 1 saturated heterocycles. The maximum absolute atomic E-state index is 12.4. The third-order valence-electron chi connectivity index (χ3n) is 3.96. The Morgan fingerprint density at radius 2 is 2.12 bits per heavy atom. The number of amides is 1. The summed E-state index contributed by atoms with van der Waals surface area (Å²) < 4.78 is 0. The zero-order valence-corrected chi connectivity index (χ0v) is 10.4. The zero-order chi connectivity index (χ0) is 11.4. The van der Waals surface area contributed by atoms with Gasteiger partial charge in [0.05, 0.1) is 0 Å². The highest BCUT2D eigenvalue weighted by molar-refractivity contribution is 5.79. The Labute approximate surface area is 98.6 Å². The summed E-state index contributed by atoms with van der Waals surface area (Å²) in [6.45, 7) is 5.08. The van der Waals surface area contributed by atoms with E-state index >= 15 is 0 Å². The van der Waals surface area contributed by atoms with Crippen LogP contribution in [0.3, 0.4) is 0 Å². The van der Waals surface area contributed by atoms with E-state index in [1.807, 2.05) is 0 Å². The molecule has 1 saturated carbocycles. The monoisotopic (exact) mass is 224 g/mol. The normalized spacial score (nSPS) is 27.3. The molecule has 0 spiro atoms. The van der Waals surface area contributed by atoms with Gasteiger partial charge in [-0.05, 0) is 19.3 Å². The summed E-state index contributed by atoms with van der Waals surface area (Å²) in [7, 11) is 0. The predicted octanol–water partition coefficient (Wildman–Crippen LogP) is 1.78. The third kappa shape index (κ3) is 2.57. The highest BCUT2D eigenvalue weighted by Crippen LogP contribution is 2.27. The van der Waals surface area contributed by atoms with Gasteiger partial charge in [-0.15, -0.1) is 0 Å². The average Bonchev–Trinajstić information content (AvgIpc) is 2.83. The Bertz CT molecular complexity index is 234. The summed E-state index contributed by atoms with van der Waals surface area (Å²) in [5.74, 6) is 0.787. The van der Waals surface area contributed by atoms with Gasteiger partial charge in [0.1, 0.15) is 0 Å². The first-order valence-electron chi connectivity index (χ1n) is 6.84. The van der Waals surface area contributed by atoms with Crippen LogP contribution >= 0.6 is 0 Å². The van der Waals surface area contributed by atoms with Crippen molar-refractivity contribution in [2.24, 2.45) is 5.92 Å². The van der Waals surface area contributed by atoms with Crippen LogP contribution in [0.4, 0.5) is 0 Å². The first-order valence-corrected chi connectivity index (χ1v) is 6.84. The van der Waals surface area contributed by atoms with Gasteiger partial charge in [-0.25, -0.2) is 0 Å². The van der Waals surface area contributed by atoms with Gasteiger partial charge in [-0.3, -0.25) is 4.79 Å². The van der Waals surface area contributed by atoms with Crippen LogP contribution in [0.1, 0.15) is 45.4 Å². The van der Waals surface area contributed by atoms with Crippen molar-refractivity contribution in [2.45, 2.75) is 51.5 Å². The van der Waals surface area contributed by atoms with Crippen molar-refractivity contribution in [3.8, 4) is 0 Å². The third-order valence-corrected chi connectivity index (χ3v) is 3.96. The fraction of sp³-hybridized carbons (Fsp3) is 0.923. The number of rotatable bonds is 3. The Balaban J connectivity index is 1.95. The van der Waals surface area contributed by atoms with Crippen LogP contribution in [0.15, 0.2) is 0 Å². The maximum atomic E-state index is 12.4. The molecule has 0 aromatic rings. The smallest absolute Gasteiger partial charge is 0.226 e. The fourth-order valence-corrected chi connectivity index (χ4v) is 3.05. The van der Waals surface area contributed by atoms with Gasteiger partial charge in [0.2, 0.25) is 5.91 Å². The van der Waals surface area contributed by atoms with Crippen LogP contribution in [-0.4, -0.2) is 36.5 Å². The molecule has 1 amide bonds. The predicted molar refractivity (Wildman–Crippen MR) is 65.2 cm³/mol. The van der Waals surface area contributed by atoms with Crippen molar-refractivity contribution in [3.05, 3.63) is 0 Å². The molecule has 0 bridgehead atoms. The van der Waals surface area contributed by atoms with Gasteiger partial charge < -0.3 is 10.2 Å². The van der Waals surface area contributed by atoms with Gasteiger partial charge in [0, 0.05) is 31.6 Å². The molecule has 3 heteroatoms. The van der Waals surface area contributed by atoms with Crippen LogP contribution < -0.4 is 5.32 Å². The van der Waals surface area contributed by atoms with Crippen LogP contribution in [0, 0.1) is 5.92 Å². The number of hydrogen-bond acceptors (Lipinski definition) is 2. The van der Waals surface area contributed by atoms with Crippen LogP contribution in [0.2, 0.25) is 0 Å². The van der Waals surface area contributed by atoms with E-state index in [9.17, 15) is 4.79 Å². The van der Waals surface area contributed by atoms with E-state index in [-0.39, 0.29) is 0 Å². The first kappa shape index (κ1) is 11.9. The maximum Gasteiger partial charge on any atom is 0.226 e. The Morgan fingerprint density at radius 1 is 1.38 bits per heavy atom. The molecule has 0 radical (unpaired) electrons. The number of carbonyl (C=O) groups is 1. The SMILES string of the molecule is CCC[C@@H]1CNCCN1C(=O)C1CCCC1. The molecule has 1 atom stereocenters. The standard InChI is InChI=1S/C13H24N2O/c1-2-5-12-10-14-8-9-15(12)13(16)11-6-3-4-7-11/h11-12,14H,2-10H2,1H3/t12-/m1/s1.